The number of aliphatic hydroxyl groups is 1. The first-order valence-corrected chi connectivity index (χ1v) is 9.55. The second kappa shape index (κ2) is 6.66. The molecule has 0 bridgehead atoms. The lowest BCUT2D eigenvalue weighted by Gasteiger charge is -2.37. The topological polar surface area (TPSA) is 104 Å². The molecule has 8 nitrogen and oxygen atoms in total. The van der Waals surface area contributed by atoms with E-state index in [0.717, 1.165) is 31.7 Å². The van der Waals surface area contributed by atoms with Crippen LogP contribution in [0.3, 0.4) is 0 Å². The van der Waals surface area contributed by atoms with Crippen molar-refractivity contribution in [3.05, 3.63) is 28.3 Å². The zero-order valence-electron chi connectivity index (χ0n) is 13.3. The monoisotopic (exact) mass is 355 g/mol. The van der Waals surface area contributed by atoms with Crippen LogP contribution in [-0.2, 0) is 10.0 Å². The van der Waals surface area contributed by atoms with Crippen molar-refractivity contribution in [3.63, 3.8) is 0 Å². The predicted molar refractivity (Wildman–Crippen MR) is 88.5 cm³/mol. The maximum Gasteiger partial charge on any atom is 0.293 e. The van der Waals surface area contributed by atoms with Crippen LogP contribution in [0.25, 0.3) is 0 Å². The third kappa shape index (κ3) is 3.24. The van der Waals surface area contributed by atoms with Gasteiger partial charge in [0, 0.05) is 32.2 Å². The first-order valence-electron chi connectivity index (χ1n) is 8.11. The minimum atomic E-state index is -3.72. The summed E-state index contributed by atoms with van der Waals surface area (Å²) in [5.74, 6) is 0. The van der Waals surface area contributed by atoms with Crippen molar-refractivity contribution in [1.29, 1.82) is 0 Å². The normalized spacial score (nSPS) is 20.5. The van der Waals surface area contributed by atoms with E-state index in [9.17, 15) is 23.6 Å². The van der Waals surface area contributed by atoms with E-state index in [0.29, 0.717) is 31.9 Å². The molecule has 2 aliphatic heterocycles. The van der Waals surface area contributed by atoms with Crippen LogP contribution in [0, 0.1) is 10.1 Å². The summed E-state index contributed by atoms with van der Waals surface area (Å²) in [5, 5.41) is 20.7. The predicted octanol–water partition coefficient (Wildman–Crippen LogP) is 1.34. The first kappa shape index (κ1) is 17.1. The van der Waals surface area contributed by atoms with Gasteiger partial charge in [0.15, 0.2) is 0 Å². The molecule has 1 aromatic carbocycles. The minimum Gasteiger partial charge on any atom is -0.389 e. The van der Waals surface area contributed by atoms with E-state index in [1.807, 2.05) is 0 Å². The van der Waals surface area contributed by atoms with E-state index in [2.05, 4.69) is 0 Å². The van der Waals surface area contributed by atoms with E-state index >= 15 is 0 Å². The maximum atomic E-state index is 12.8. The molecule has 0 spiro atoms. The molecule has 0 radical (unpaired) electrons. The molecule has 0 aliphatic carbocycles. The van der Waals surface area contributed by atoms with Crippen molar-refractivity contribution in [2.45, 2.75) is 36.7 Å². The van der Waals surface area contributed by atoms with E-state index in [1.165, 1.54) is 16.4 Å². The average molecular weight is 355 g/mol. The number of hydrogen-bond acceptors (Lipinski definition) is 6. The largest absolute Gasteiger partial charge is 0.389 e. The molecule has 1 N–H and O–H groups in total. The van der Waals surface area contributed by atoms with Gasteiger partial charge in [-0.3, -0.25) is 10.1 Å². The van der Waals surface area contributed by atoms with Crippen LogP contribution < -0.4 is 4.90 Å². The summed E-state index contributed by atoms with van der Waals surface area (Å²) in [4.78, 5) is 12.4. The van der Waals surface area contributed by atoms with E-state index < -0.39 is 21.1 Å². The standard InChI is InChI=1S/C15H21N3O5S/c19-12-10-16(11-12)14-6-5-13(9-15(14)18(20)21)24(22,23)17-7-3-1-2-4-8-17/h5-6,9,12,19H,1-4,7-8,10-11H2. The van der Waals surface area contributed by atoms with Crippen LogP contribution in [0.15, 0.2) is 23.1 Å². The Labute approximate surface area is 140 Å². The molecule has 0 amide bonds. The number of sulfonamides is 1. The van der Waals surface area contributed by atoms with Crippen molar-refractivity contribution in [2.24, 2.45) is 0 Å². The number of hydrogen-bond donors (Lipinski definition) is 1. The Balaban J connectivity index is 1.93. The van der Waals surface area contributed by atoms with Crippen molar-refractivity contribution < 1.29 is 18.4 Å². The van der Waals surface area contributed by atoms with E-state index in [-0.39, 0.29) is 10.6 Å². The van der Waals surface area contributed by atoms with Crippen molar-refractivity contribution in [1.82, 2.24) is 4.31 Å². The number of anilines is 1. The third-order valence-corrected chi connectivity index (χ3v) is 6.44. The van der Waals surface area contributed by atoms with Gasteiger partial charge in [-0.1, -0.05) is 12.8 Å². The molecule has 9 heteroatoms. The Morgan fingerprint density at radius 3 is 2.29 bits per heavy atom. The summed E-state index contributed by atoms with van der Waals surface area (Å²) >= 11 is 0. The Kier molecular flexibility index (Phi) is 4.75. The molecule has 2 aliphatic rings. The lowest BCUT2D eigenvalue weighted by atomic mass is 10.1. The summed E-state index contributed by atoms with van der Waals surface area (Å²) in [6, 6.07) is 4.03. The fourth-order valence-electron chi connectivity index (χ4n) is 3.16. The quantitative estimate of drug-likeness (QED) is 0.646. The average Bonchev–Trinajstić information content (AvgIpc) is 2.81. The molecule has 0 saturated carbocycles. The Morgan fingerprint density at radius 2 is 1.75 bits per heavy atom. The number of rotatable bonds is 4. The molecule has 0 aromatic heterocycles. The molecule has 3 rings (SSSR count). The van der Waals surface area contributed by atoms with Gasteiger partial charge in [-0.2, -0.15) is 4.31 Å². The van der Waals surface area contributed by atoms with Gasteiger partial charge in [0.25, 0.3) is 5.69 Å². The fraction of sp³-hybridized carbons (Fsp3) is 0.600. The van der Waals surface area contributed by atoms with Crippen LogP contribution in [0.2, 0.25) is 0 Å². The van der Waals surface area contributed by atoms with Gasteiger partial charge >= 0.3 is 0 Å². The molecule has 1 aromatic rings. The summed E-state index contributed by atoms with van der Waals surface area (Å²) < 4.78 is 27.0. The number of nitro groups is 1. The first-order chi connectivity index (χ1) is 11.4. The van der Waals surface area contributed by atoms with Crippen LogP contribution in [0.1, 0.15) is 25.7 Å². The van der Waals surface area contributed by atoms with Gasteiger partial charge in [-0.05, 0) is 25.0 Å². The Bertz CT molecular complexity index is 723. The minimum absolute atomic E-state index is 0.0408. The number of aliphatic hydroxyl groups excluding tert-OH is 1. The van der Waals surface area contributed by atoms with Gasteiger partial charge in [0.2, 0.25) is 10.0 Å². The summed E-state index contributed by atoms with van der Waals surface area (Å²) in [6.45, 7) is 1.55. The highest BCUT2D eigenvalue weighted by molar-refractivity contribution is 7.89. The molecular weight excluding hydrogens is 334 g/mol. The molecule has 24 heavy (non-hydrogen) atoms. The highest BCUT2D eigenvalue weighted by atomic mass is 32.2. The maximum absolute atomic E-state index is 12.8. The zero-order chi connectivity index (χ0) is 17.3. The molecule has 2 heterocycles. The smallest absolute Gasteiger partial charge is 0.293 e. The molecular formula is C15H21N3O5S. The molecule has 132 valence electrons. The molecule has 2 fully saturated rings. The van der Waals surface area contributed by atoms with Crippen LogP contribution in [-0.4, -0.2) is 55.0 Å². The fourth-order valence-corrected chi connectivity index (χ4v) is 4.70. The number of benzene rings is 1. The lowest BCUT2D eigenvalue weighted by molar-refractivity contribution is -0.384. The summed E-state index contributed by atoms with van der Waals surface area (Å²) in [5.41, 5.74) is 0.109. The third-order valence-electron chi connectivity index (χ3n) is 4.55. The van der Waals surface area contributed by atoms with Crippen LogP contribution in [0.4, 0.5) is 11.4 Å². The Hall–Kier alpha value is -1.71. The number of β-amino-alcohol motifs (C(OH)–C–C–N with tert-alkyl or cyclic N) is 1. The van der Waals surface area contributed by atoms with Gasteiger partial charge < -0.3 is 10.0 Å². The SMILES string of the molecule is O=[N+]([O-])c1cc(S(=O)(=O)N2CCCCCC2)ccc1N1CC(O)C1. The van der Waals surface area contributed by atoms with E-state index in [4.69, 9.17) is 0 Å². The number of nitrogens with zero attached hydrogens (tertiary/aromatic N) is 3. The zero-order valence-corrected chi connectivity index (χ0v) is 14.1. The Morgan fingerprint density at radius 1 is 1.12 bits per heavy atom. The van der Waals surface area contributed by atoms with Gasteiger partial charge in [-0.25, -0.2) is 8.42 Å². The van der Waals surface area contributed by atoms with Crippen LogP contribution in [0.5, 0.6) is 0 Å². The second-order valence-corrected chi connectivity index (χ2v) is 8.22. The van der Waals surface area contributed by atoms with Crippen molar-refractivity contribution in [2.75, 3.05) is 31.1 Å². The van der Waals surface area contributed by atoms with Crippen molar-refractivity contribution >= 4 is 21.4 Å². The van der Waals surface area contributed by atoms with Crippen LogP contribution >= 0.6 is 0 Å². The highest BCUT2D eigenvalue weighted by Crippen LogP contribution is 2.34. The molecule has 2 saturated heterocycles. The highest BCUT2D eigenvalue weighted by Gasteiger charge is 2.32. The number of nitro benzene ring substituents is 1. The summed E-state index contributed by atoms with van der Waals surface area (Å²) in [6.07, 6.45) is 3.13. The molecule has 0 atom stereocenters. The second-order valence-electron chi connectivity index (χ2n) is 6.28. The van der Waals surface area contributed by atoms with E-state index in [1.54, 1.807) is 4.90 Å². The summed E-state index contributed by atoms with van der Waals surface area (Å²) in [7, 11) is -3.72. The van der Waals surface area contributed by atoms with Gasteiger partial charge in [0.1, 0.15) is 5.69 Å². The molecule has 0 unspecified atom stereocenters. The van der Waals surface area contributed by atoms with Gasteiger partial charge in [0.05, 0.1) is 15.9 Å². The lowest BCUT2D eigenvalue weighted by Crippen LogP contribution is -2.51. The van der Waals surface area contributed by atoms with Crippen molar-refractivity contribution in [3.8, 4) is 0 Å². The van der Waals surface area contributed by atoms with Gasteiger partial charge in [-0.15, -0.1) is 0 Å².